The average Bonchev–Trinajstić information content (AvgIpc) is 2.77. The van der Waals surface area contributed by atoms with Crippen molar-refractivity contribution in [1.82, 2.24) is 0 Å². The molecule has 0 aliphatic carbocycles. The monoisotopic (exact) mass is 264 g/mol. The van der Waals surface area contributed by atoms with Gasteiger partial charge in [0.2, 0.25) is 0 Å². The SMILES string of the molecule is COc1ccc(C(=O)[C@H]2COC(=O)C2=O)cc1OC. The van der Waals surface area contributed by atoms with Crippen molar-refractivity contribution in [1.29, 1.82) is 0 Å². The molecule has 0 bridgehead atoms. The molecule has 1 aliphatic rings. The minimum atomic E-state index is -1.06. The van der Waals surface area contributed by atoms with Gasteiger partial charge in [-0.2, -0.15) is 0 Å². The van der Waals surface area contributed by atoms with Crippen molar-refractivity contribution < 1.29 is 28.6 Å². The van der Waals surface area contributed by atoms with E-state index in [1.807, 2.05) is 0 Å². The summed E-state index contributed by atoms with van der Waals surface area (Å²) < 4.78 is 14.7. The number of cyclic esters (lactones) is 1. The van der Waals surface area contributed by atoms with Crippen molar-refractivity contribution in [2.75, 3.05) is 20.8 Å². The minimum Gasteiger partial charge on any atom is -0.493 e. The summed E-state index contributed by atoms with van der Waals surface area (Å²) in [7, 11) is 2.92. The van der Waals surface area contributed by atoms with Crippen LogP contribution in [0.25, 0.3) is 0 Å². The molecule has 1 fully saturated rings. The third kappa shape index (κ3) is 2.29. The number of ether oxygens (including phenoxy) is 3. The molecule has 1 heterocycles. The summed E-state index contributed by atoms with van der Waals surface area (Å²) in [5.41, 5.74) is 0.273. The topological polar surface area (TPSA) is 78.9 Å². The number of benzene rings is 1. The Labute approximate surface area is 109 Å². The fourth-order valence-corrected chi connectivity index (χ4v) is 1.83. The average molecular weight is 264 g/mol. The van der Waals surface area contributed by atoms with E-state index in [0.29, 0.717) is 11.5 Å². The van der Waals surface area contributed by atoms with Crippen molar-refractivity contribution in [3.8, 4) is 11.5 Å². The zero-order valence-electron chi connectivity index (χ0n) is 10.5. The first-order valence-electron chi connectivity index (χ1n) is 5.55. The van der Waals surface area contributed by atoms with Gasteiger partial charge in [0.1, 0.15) is 12.5 Å². The molecule has 1 atom stereocenters. The summed E-state index contributed by atoms with van der Waals surface area (Å²) in [4.78, 5) is 34.5. The lowest BCUT2D eigenvalue weighted by Gasteiger charge is -2.10. The van der Waals surface area contributed by atoms with Crippen LogP contribution in [0.15, 0.2) is 18.2 Å². The Morgan fingerprint density at radius 1 is 1.21 bits per heavy atom. The lowest BCUT2D eigenvalue weighted by molar-refractivity contribution is -0.147. The molecule has 1 aliphatic heterocycles. The van der Waals surface area contributed by atoms with Crippen LogP contribution in [0.2, 0.25) is 0 Å². The molecule has 0 radical (unpaired) electrons. The van der Waals surface area contributed by atoms with Gasteiger partial charge in [-0.05, 0) is 18.2 Å². The molecule has 6 heteroatoms. The van der Waals surface area contributed by atoms with E-state index in [1.54, 1.807) is 6.07 Å². The lowest BCUT2D eigenvalue weighted by atomic mass is 9.96. The predicted molar refractivity (Wildman–Crippen MR) is 63.3 cm³/mol. The number of Topliss-reactive ketones (excluding diaryl/α,β-unsaturated/α-hetero) is 2. The molecular weight excluding hydrogens is 252 g/mol. The molecule has 1 saturated heterocycles. The summed E-state index contributed by atoms with van der Waals surface area (Å²) in [5, 5.41) is 0. The summed E-state index contributed by atoms with van der Waals surface area (Å²) in [6, 6.07) is 4.55. The fourth-order valence-electron chi connectivity index (χ4n) is 1.83. The van der Waals surface area contributed by atoms with E-state index in [4.69, 9.17) is 9.47 Å². The maximum Gasteiger partial charge on any atom is 0.375 e. The molecule has 1 aromatic rings. The van der Waals surface area contributed by atoms with Crippen LogP contribution in [-0.4, -0.2) is 38.4 Å². The Hall–Kier alpha value is -2.37. The van der Waals surface area contributed by atoms with E-state index in [1.165, 1.54) is 26.4 Å². The summed E-state index contributed by atoms with van der Waals surface area (Å²) in [5.74, 6) is -2.43. The Kier molecular flexibility index (Phi) is 3.50. The number of carbonyl (C=O) groups is 3. The number of hydrogen-bond acceptors (Lipinski definition) is 6. The van der Waals surface area contributed by atoms with Crippen LogP contribution in [0.1, 0.15) is 10.4 Å². The largest absolute Gasteiger partial charge is 0.493 e. The van der Waals surface area contributed by atoms with Gasteiger partial charge in [-0.25, -0.2) is 4.79 Å². The second-order valence-electron chi connectivity index (χ2n) is 3.95. The third-order valence-corrected chi connectivity index (χ3v) is 2.88. The number of esters is 1. The maximum absolute atomic E-state index is 12.1. The molecule has 0 unspecified atom stereocenters. The highest BCUT2D eigenvalue weighted by molar-refractivity contribution is 6.41. The Balaban J connectivity index is 2.29. The highest BCUT2D eigenvalue weighted by Crippen LogP contribution is 2.29. The van der Waals surface area contributed by atoms with Gasteiger partial charge in [-0.3, -0.25) is 9.59 Å². The van der Waals surface area contributed by atoms with Crippen LogP contribution >= 0.6 is 0 Å². The van der Waals surface area contributed by atoms with Crippen LogP contribution in [0.3, 0.4) is 0 Å². The van der Waals surface area contributed by atoms with Crippen molar-refractivity contribution in [2.45, 2.75) is 0 Å². The molecule has 100 valence electrons. The summed E-state index contributed by atoms with van der Waals surface area (Å²) in [6.45, 7) is -0.204. The summed E-state index contributed by atoms with van der Waals surface area (Å²) >= 11 is 0. The number of methoxy groups -OCH3 is 2. The number of hydrogen-bond donors (Lipinski definition) is 0. The van der Waals surface area contributed by atoms with E-state index in [2.05, 4.69) is 4.74 Å². The molecule has 19 heavy (non-hydrogen) atoms. The van der Waals surface area contributed by atoms with Gasteiger partial charge < -0.3 is 14.2 Å². The van der Waals surface area contributed by atoms with Crippen molar-refractivity contribution >= 4 is 17.5 Å². The Morgan fingerprint density at radius 3 is 2.42 bits per heavy atom. The number of ketones is 2. The van der Waals surface area contributed by atoms with E-state index in [0.717, 1.165) is 0 Å². The van der Waals surface area contributed by atoms with Gasteiger partial charge in [-0.1, -0.05) is 0 Å². The maximum atomic E-state index is 12.1. The van der Waals surface area contributed by atoms with Crippen molar-refractivity contribution in [2.24, 2.45) is 5.92 Å². The normalized spacial score (nSPS) is 18.1. The molecular formula is C13H12O6. The second-order valence-corrected chi connectivity index (χ2v) is 3.95. The number of carbonyl (C=O) groups excluding carboxylic acids is 3. The van der Waals surface area contributed by atoms with Gasteiger partial charge >= 0.3 is 5.97 Å². The zero-order chi connectivity index (χ0) is 14.0. The van der Waals surface area contributed by atoms with E-state index in [9.17, 15) is 14.4 Å². The molecule has 0 spiro atoms. The van der Waals surface area contributed by atoms with Crippen molar-refractivity contribution in [3.63, 3.8) is 0 Å². The molecule has 0 amide bonds. The number of rotatable bonds is 4. The minimum absolute atomic E-state index is 0.204. The molecule has 0 saturated carbocycles. The van der Waals surface area contributed by atoms with E-state index < -0.39 is 23.5 Å². The summed E-state index contributed by atoms with van der Waals surface area (Å²) in [6.07, 6.45) is 0. The highest BCUT2D eigenvalue weighted by Gasteiger charge is 2.40. The van der Waals surface area contributed by atoms with Crippen LogP contribution < -0.4 is 9.47 Å². The third-order valence-electron chi connectivity index (χ3n) is 2.88. The molecule has 2 rings (SSSR count). The standard InChI is InChI=1S/C13H12O6/c1-17-9-4-3-7(5-10(9)18-2)11(14)8-6-19-13(16)12(8)15/h3-5,8H,6H2,1-2H3/t8-/m1/s1. The van der Waals surface area contributed by atoms with Crippen LogP contribution in [-0.2, 0) is 14.3 Å². The molecule has 0 aromatic heterocycles. The molecule has 6 nitrogen and oxygen atoms in total. The first kappa shape index (κ1) is 13.1. The first-order chi connectivity index (χ1) is 9.08. The van der Waals surface area contributed by atoms with E-state index in [-0.39, 0.29) is 12.2 Å². The zero-order valence-corrected chi connectivity index (χ0v) is 10.5. The van der Waals surface area contributed by atoms with Gasteiger partial charge in [0, 0.05) is 5.56 Å². The van der Waals surface area contributed by atoms with Crippen LogP contribution in [0, 0.1) is 5.92 Å². The van der Waals surface area contributed by atoms with Crippen LogP contribution in [0.4, 0.5) is 0 Å². The quantitative estimate of drug-likeness (QED) is 0.343. The second kappa shape index (κ2) is 5.09. The van der Waals surface area contributed by atoms with Crippen molar-refractivity contribution in [3.05, 3.63) is 23.8 Å². The Bertz CT molecular complexity index is 548. The first-order valence-corrected chi connectivity index (χ1v) is 5.55. The molecule has 0 N–H and O–H groups in total. The van der Waals surface area contributed by atoms with Gasteiger partial charge in [0.25, 0.3) is 5.78 Å². The Morgan fingerprint density at radius 2 is 1.89 bits per heavy atom. The highest BCUT2D eigenvalue weighted by atomic mass is 16.5. The van der Waals surface area contributed by atoms with Gasteiger partial charge in [0.15, 0.2) is 17.3 Å². The predicted octanol–water partition coefficient (Wildman–Crippen LogP) is 0.629. The van der Waals surface area contributed by atoms with Gasteiger partial charge in [0.05, 0.1) is 14.2 Å². The smallest absolute Gasteiger partial charge is 0.375 e. The van der Waals surface area contributed by atoms with E-state index >= 15 is 0 Å². The molecule has 1 aromatic carbocycles. The lowest BCUT2D eigenvalue weighted by Crippen LogP contribution is -2.24. The van der Waals surface area contributed by atoms with Gasteiger partial charge in [-0.15, -0.1) is 0 Å². The fraction of sp³-hybridized carbons (Fsp3) is 0.308. The van der Waals surface area contributed by atoms with Crippen LogP contribution in [0.5, 0.6) is 11.5 Å².